The number of ether oxygens (including phenoxy) is 1. The van der Waals surface area contributed by atoms with E-state index in [4.69, 9.17) is 9.84 Å². The van der Waals surface area contributed by atoms with Crippen LogP contribution in [0.25, 0.3) is 0 Å². The number of nitrogens with one attached hydrogen (secondary N) is 1. The maximum Gasteiger partial charge on any atom is 0.345 e. The molecular weight excluding hydrogens is 370 g/mol. The number of sulfonamides is 1. The molecule has 0 saturated carbocycles. The molecule has 9 heteroatoms. The molecule has 0 aromatic carbocycles. The van der Waals surface area contributed by atoms with Gasteiger partial charge in [0, 0.05) is 6.54 Å². The Bertz CT molecular complexity index is 608. The molecule has 0 aliphatic carbocycles. The summed E-state index contributed by atoms with van der Waals surface area (Å²) in [7, 11) is -3.76. The summed E-state index contributed by atoms with van der Waals surface area (Å²) in [5.41, 5.74) is 0.847. The summed E-state index contributed by atoms with van der Waals surface area (Å²) in [6.07, 6.45) is 0. The first kappa shape index (κ1) is 17.3. The average molecular weight is 384 g/mol. The highest BCUT2D eigenvalue weighted by atomic mass is 79.9. The molecule has 112 valence electrons. The van der Waals surface area contributed by atoms with Gasteiger partial charge < -0.3 is 9.84 Å². The summed E-state index contributed by atoms with van der Waals surface area (Å²) < 4.78 is 31.7. The molecule has 20 heavy (non-hydrogen) atoms. The number of carboxylic acid groups (broad SMARTS) is 1. The molecule has 2 N–H and O–H groups in total. The van der Waals surface area contributed by atoms with Crippen molar-refractivity contribution in [3.8, 4) is 0 Å². The van der Waals surface area contributed by atoms with Gasteiger partial charge in [0.25, 0.3) is 0 Å². The largest absolute Gasteiger partial charge is 0.477 e. The molecule has 1 aromatic rings. The molecular formula is C11H14BrNO5S2. The van der Waals surface area contributed by atoms with E-state index in [2.05, 4.69) is 27.2 Å². The van der Waals surface area contributed by atoms with E-state index in [0.717, 1.165) is 23.0 Å². The van der Waals surface area contributed by atoms with Crippen molar-refractivity contribution < 1.29 is 23.1 Å². The van der Waals surface area contributed by atoms with E-state index in [1.807, 2.05) is 0 Å². The first-order valence-electron chi connectivity index (χ1n) is 5.48. The molecule has 0 fully saturated rings. The molecule has 0 aliphatic heterocycles. The molecule has 0 bridgehead atoms. The number of thiophene rings is 1. The highest BCUT2D eigenvalue weighted by molar-refractivity contribution is 9.11. The maximum absolute atomic E-state index is 12.0. The smallest absolute Gasteiger partial charge is 0.345 e. The van der Waals surface area contributed by atoms with Crippen LogP contribution in [-0.4, -0.2) is 39.3 Å². The van der Waals surface area contributed by atoms with Crippen molar-refractivity contribution in [2.45, 2.75) is 11.8 Å². The van der Waals surface area contributed by atoms with Gasteiger partial charge in [-0.2, -0.15) is 0 Å². The zero-order valence-corrected chi connectivity index (χ0v) is 13.9. The highest BCUT2D eigenvalue weighted by Gasteiger charge is 2.22. The monoisotopic (exact) mass is 383 g/mol. The van der Waals surface area contributed by atoms with Gasteiger partial charge in [-0.3, -0.25) is 0 Å². The van der Waals surface area contributed by atoms with Gasteiger partial charge in [-0.05, 0) is 28.9 Å². The molecule has 0 unspecified atom stereocenters. The molecule has 0 radical (unpaired) electrons. The second-order valence-corrected chi connectivity index (χ2v) is 8.07. The fraction of sp³-hybridized carbons (Fsp3) is 0.364. The van der Waals surface area contributed by atoms with E-state index in [1.165, 1.54) is 0 Å². The van der Waals surface area contributed by atoms with Gasteiger partial charge in [-0.25, -0.2) is 17.9 Å². The Kier molecular flexibility index (Phi) is 6.34. The standard InChI is InChI=1S/C11H14BrNO5S2/c1-7(2)6-18-4-3-13-20(16,17)9-5-8(11(14)15)19-10(9)12/h5,13H,1,3-4,6H2,2H3,(H,14,15). The number of halogens is 1. The van der Waals surface area contributed by atoms with Crippen LogP contribution < -0.4 is 4.72 Å². The third-order valence-corrected chi connectivity index (χ3v) is 5.74. The van der Waals surface area contributed by atoms with Crippen LogP contribution in [0.1, 0.15) is 16.6 Å². The maximum atomic E-state index is 12.0. The van der Waals surface area contributed by atoms with Crippen LogP contribution in [0.15, 0.2) is 26.9 Å². The van der Waals surface area contributed by atoms with Crippen molar-refractivity contribution in [2.75, 3.05) is 19.8 Å². The average Bonchev–Trinajstić information content (AvgIpc) is 2.71. The van der Waals surface area contributed by atoms with Crippen molar-refractivity contribution >= 4 is 43.3 Å². The molecule has 1 heterocycles. The van der Waals surface area contributed by atoms with Gasteiger partial charge in [0.15, 0.2) is 0 Å². The third kappa shape index (κ3) is 4.98. The number of hydrogen-bond donors (Lipinski definition) is 2. The first-order chi connectivity index (χ1) is 9.24. The van der Waals surface area contributed by atoms with Crippen LogP contribution in [0.3, 0.4) is 0 Å². The van der Waals surface area contributed by atoms with Gasteiger partial charge in [-0.1, -0.05) is 12.2 Å². The fourth-order valence-corrected chi connectivity index (χ4v) is 4.63. The molecule has 0 spiro atoms. The Labute approximate surface area is 129 Å². The van der Waals surface area contributed by atoms with Crippen LogP contribution in [0.4, 0.5) is 0 Å². The molecule has 0 atom stereocenters. The summed E-state index contributed by atoms with van der Waals surface area (Å²) in [6, 6.07) is 1.12. The zero-order valence-electron chi connectivity index (χ0n) is 10.7. The Balaban J connectivity index is 2.65. The van der Waals surface area contributed by atoms with Gasteiger partial charge in [0.1, 0.15) is 9.77 Å². The number of rotatable bonds is 8. The molecule has 0 amide bonds. The van der Waals surface area contributed by atoms with Gasteiger partial charge in [-0.15, -0.1) is 11.3 Å². The number of aromatic carboxylic acids is 1. The lowest BCUT2D eigenvalue weighted by Crippen LogP contribution is -2.27. The fourth-order valence-electron chi connectivity index (χ4n) is 1.21. The Morgan fingerprint density at radius 1 is 1.60 bits per heavy atom. The number of carbonyl (C=O) groups is 1. The van der Waals surface area contributed by atoms with E-state index in [1.54, 1.807) is 6.92 Å². The summed E-state index contributed by atoms with van der Waals surface area (Å²) in [4.78, 5) is 10.7. The van der Waals surface area contributed by atoms with Crippen LogP contribution in [-0.2, 0) is 14.8 Å². The zero-order chi connectivity index (χ0) is 15.3. The van der Waals surface area contributed by atoms with Gasteiger partial charge in [0.2, 0.25) is 10.0 Å². The summed E-state index contributed by atoms with van der Waals surface area (Å²) in [5.74, 6) is -1.16. The van der Waals surface area contributed by atoms with Crippen molar-refractivity contribution in [2.24, 2.45) is 0 Å². The summed E-state index contributed by atoms with van der Waals surface area (Å²) >= 11 is 3.91. The normalized spacial score (nSPS) is 11.5. The second-order valence-electron chi connectivity index (χ2n) is 3.96. The van der Waals surface area contributed by atoms with Crippen molar-refractivity contribution in [3.63, 3.8) is 0 Å². The molecule has 6 nitrogen and oxygen atoms in total. The molecule has 1 aromatic heterocycles. The van der Waals surface area contributed by atoms with E-state index in [0.29, 0.717) is 6.61 Å². The number of hydrogen-bond acceptors (Lipinski definition) is 5. The van der Waals surface area contributed by atoms with Crippen LogP contribution in [0, 0.1) is 0 Å². The lowest BCUT2D eigenvalue weighted by molar-refractivity contribution is 0.0702. The minimum atomic E-state index is -3.76. The highest BCUT2D eigenvalue weighted by Crippen LogP contribution is 2.31. The minimum Gasteiger partial charge on any atom is -0.477 e. The molecule has 0 saturated heterocycles. The van der Waals surface area contributed by atoms with Crippen LogP contribution in [0.2, 0.25) is 0 Å². The third-order valence-electron chi connectivity index (χ3n) is 2.04. The Morgan fingerprint density at radius 2 is 2.25 bits per heavy atom. The van der Waals surface area contributed by atoms with E-state index >= 15 is 0 Å². The van der Waals surface area contributed by atoms with Crippen LogP contribution in [0.5, 0.6) is 0 Å². The topological polar surface area (TPSA) is 92.7 Å². The quantitative estimate of drug-likeness (QED) is 0.529. The van der Waals surface area contributed by atoms with Crippen molar-refractivity contribution in [1.82, 2.24) is 4.72 Å². The minimum absolute atomic E-state index is 0.0456. The second kappa shape index (κ2) is 7.32. The van der Waals surface area contributed by atoms with E-state index in [-0.39, 0.29) is 26.7 Å². The summed E-state index contributed by atoms with van der Waals surface area (Å²) in [6.45, 7) is 6.14. The number of carboxylic acids is 1. The van der Waals surface area contributed by atoms with Crippen molar-refractivity contribution in [3.05, 3.63) is 26.9 Å². The first-order valence-corrected chi connectivity index (χ1v) is 8.57. The van der Waals surface area contributed by atoms with E-state index in [9.17, 15) is 13.2 Å². The van der Waals surface area contributed by atoms with Gasteiger partial charge in [0.05, 0.1) is 17.0 Å². The lowest BCUT2D eigenvalue weighted by Gasteiger charge is -2.06. The summed E-state index contributed by atoms with van der Waals surface area (Å²) in [5, 5.41) is 8.83. The van der Waals surface area contributed by atoms with Gasteiger partial charge >= 0.3 is 5.97 Å². The van der Waals surface area contributed by atoms with E-state index < -0.39 is 16.0 Å². The SMILES string of the molecule is C=C(C)COCCNS(=O)(=O)c1cc(C(=O)O)sc1Br. The van der Waals surface area contributed by atoms with Crippen molar-refractivity contribution in [1.29, 1.82) is 0 Å². The molecule has 0 aliphatic rings. The predicted molar refractivity (Wildman–Crippen MR) is 79.8 cm³/mol. The predicted octanol–water partition coefficient (Wildman–Crippen LogP) is 2.08. The van der Waals surface area contributed by atoms with Crippen LogP contribution >= 0.6 is 27.3 Å². The Hall–Kier alpha value is -0.740. The lowest BCUT2D eigenvalue weighted by atomic mass is 10.4. The Morgan fingerprint density at radius 3 is 2.75 bits per heavy atom. The molecule has 1 rings (SSSR count).